The van der Waals surface area contributed by atoms with Gasteiger partial charge in [-0.3, -0.25) is 14.5 Å². The average Bonchev–Trinajstić information content (AvgIpc) is 2.95. The fourth-order valence-corrected chi connectivity index (χ4v) is 2.76. The van der Waals surface area contributed by atoms with Gasteiger partial charge in [0, 0.05) is 12.5 Å². The summed E-state index contributed by atoms with van der Waals surface area (Å²) >= 11 is 0. The number of urea groups is 1. The molecule has 4 amide bonds. The second-order valence-electron chi connectivity index (χ2n) is 6.09. The molecule has 2 aromatic rings. The number of hydrogen-bond donors (Lipinski definition) is 2. The molecule has 0 spiro atoms. The van der Waals surface area contributed by atoms with Gasteiger partial charge in [0.1, 0.15) is 6.04 Å². The first-order valence-corrected chi connectivity index (χ1v) is 8.52. The highest BCUT2D eigenvalue weighted by Crippen LogP contribution is 2.16. The minimum Gasteiger partial charge on any atom is -0.481 e. The number of benzene rings is 1. The molecule has 140 valence electrons. The lowest BCUT2D eigenvalue weighted by Crippen LogP contribution is -2.31. The third-order valence-corrected chi connectivity index (χ3v) is 4.18. The quantitative estimate of drug-likeness (QED) is 0.728. The van der Waals surface area contributed by atoms with Crippen molar-refractivity contribution >= 4 is 23.5 Å². The number of aromatic nitrogens is 1. The molecule has 8 heteroatoms. The first kappa shape index (κ1) is 18.4. The molecule has 1 aliphatic heterocycles. The molecule has 8 nitrogen and oxygen atoms in total. The van der Waals surface area contributed by atoms with E-state index in [1.165, 1.54) is 18.2 Å². The molecular formula is C19H20N4O4. The average molecular weight is 368 g/mol. The first-order valence-electron chi connectivity index (χ1n) is 8.52. The van der Waals surface area contributed by atoms with E-state index < -0.39 is 12.1 Å². The van der Waals surface area contributed by atoms with Crippen LogP contribution in [0.4, 0.5) is 10.5 Å². The Morgan fingerprint density at radius 1 is 1.22 bits per heavy atom. The summed E-state index contributed by atoms with van der Waals surface area (Å²) in [6.07, 6.45) is 1.81. The largest absolute Gasteiger partial charge is 0.481 e. The second kappa shape index (κ2) is 8.31. The van der Waals surface area contributed by atoms with Crippen molar-refractivity contribution < 1.29 is 19.1 Å². The number of pyridine rings is 1. The molecule has 0 radical (unpaired) electrons. The van der Waals surface area contributed by atoms with Crippen molar-refractivity contribution in [1.29, 1.82) is 0 Å². The van der Waals surface area contributed by atoms with Crippen LogP contribution >= 0.6 is 0 Å². The summed E-state index contributed by atoms with van der Waals surface area (Å²) in [5, 5.41) is 5.34. The van der Waals surface area contributed by atoms with Gasteiger partial charge in [0.2, 0.25) is 11.8 Å². The molecule has 1 aromatic heterocycles. The third-order valence-electron chi connectivity index (χ3n) is 4.18. The smallest absolute Gasteiger partial charge is 0.325 e. The Labute approximate surface area is 156 Å². The van der Waals surface area contributed by atoms with Crippen LogP contribution in [-0.4, -0.2) is 40.9 Å². The van der Waals surface area contributed by atoms with E-state index in [9.17, 15) is 14.4 Å². The number of amides is 4. The van der Waals surface area contributed by atoms with E-state index >= 15 is 0 Å². The van der Waals surface area contributed by atoms with E-state index in [4.69, 9.17) is 4.74 Å². The van der Waals surface area contributed by atoms with Crippen LogP contribution in [0.25, 0.3) is 0 Å². The summed E-state index contributed by atoms with van der Waals surface area (Å²) in [7, 11) is 1.51. The number of imide groups is 1. The summed E-state index contributed by atoms with van der Waals surface area (Å²) in [6.45, 7) is 0.214. The maximum Gasteiger partial charge on any atom is 0.325 e. The Morgan fingerprint density at radius 3 is 2.67 bits per heavy atom. The van der Waals surface area contributed by atoms with Crippen molar-refractivity contribution in [2.24, 2.45) is 0 Å². The van der Waals surface area contributed by atoms with E-state index in [0.717, 1.165) is 5.56 Å². The Bertz CT molecular complexity index is 823. The zero-order valence-corrected chi connectivity index (χ0v) is 14.8. The number of hydrogen-bond acceptors (Lipinski definition) is 5. The summed E-state index contributed by atoms with van der Waals surface area (Å²) in [6, 6.07) is 11.5. The van der Waals surface area contributed by atoms with Crippen LogP contribution < -0.4 is 15.4 Å². The van der Waals surface area contributed by atoms with Gasteiger partial charge >= 0.3 is 6.03 Å². The van der Waals surface area contributed by atoms with Crippen LogP contribution in [0, 0.1) is 0 Å². The Kier molecular flexibility index (Phi) is 5.65. The standard InChI is InChI=1S/C19H20N4O4/c1-27-17-10-7-14(11-20-17)21-16(24)9-8-15-18(25)23(19(26)22-15)12-13-5-3-2-4-6-13/h2-7,10-11,15H,8-9,12H2,1H3,(H,21,24)(H,22,26)/t15-/m0/s1. The number of rotatable bonds is 7. The zero-order valence-electron chi connectivity index (χ0n) is 14.8. The predicted molar refractivity (Wildman–Crippen MR) is 98.0 cm³/mol. The Hall–Kier alpha value is -3.42. The molecule has 1 fully saturated rings. The van der Waals surface area contributed by atoms with E-state index in [2.05, 4.69) is 15.6 Å². The van der Waals surface area contributed by atoms with Crippen molar-refractivity contribution in [1.82, 2.24) is 15.2 Å². The fraction of sp³-hybridized carbons (Fsp3) is 0.263. The number of methoxy groups -OCH3 is 1. The number of carbonyl (C=O) groups is 3. The van der Waals surface area contributed by atoms with Gasteiger partial charge in [0.25, 0.3) is 5.91 Å². The van der Waals surface area contributed by atoms with Crippen LogP contribution in [-0.2, 0) is 16.1 Å². The second-order valence-corrected chi connectivity index (χ2v) is 6.09. The molecule has 27 heavy (non-hydrogen) atoms. The van der Waals surface area contributed by atoms with Gasteiger partial charge in [0.05, 0.1) is 25.5 Å². The van der Waals surface area contributed by atoms with Gasteiger partial charge in [0.15, 0.2) is 0 Å². The molecule has 0 unspecified atom stereocenters. The van der Waals surface area contributed by atoms with Gasteiger partial charge in [-0.05, 0) is 18.1 Å². The molecule has 2 N–H and O–H groups in total. The molecule has 3 rings (SSSR count). The normalized spacial score (nSPS) is 16.2. The highest BCUT2D eigenvalue weighted by atomic mass is 16.5. The molecule has 0 aliphatic carbocycles. The molecule has 2 heterocycles. The minimum atomic E-state index is -0.694. The lowest BCUT2D eigenvalue weighted by molar-refractivity contribution is -0.128. The van der Waals surface area contributed by atoms with Gasteiger partial charge in [-0.2, -0.15) is 0 Å². The van der Waals surface area contributed by atoms with E-state index in [0.29, 0.717) is 11.6 Å². The summed E-state index contributed by atoms with van der Waals surface area (Å²) in [5.74, 6) is -0.126. The van der Waals surface area contributed by atoms with Crippen LogP contribution in [0.5, 0.6) is 5.88 Å². The van der Waals surface area contributed by atoms with E-state index in [1.54, 1.807) is 12.1 Å². The van der Waals surface area contributed by atoms with E-state index in [-0.39, 0.29) is 31.2 Å². The van der Waals surface area contributed by atoms with Crippen molar-refractivity contribution in [3.05, 3.63) is 54.2 Å². The number of anilines is 1. The van der Waals surface area contributed by atoms with Gasteiger partial charge in [-0.1, -0.05) is 30.3 Å². The first-order chi connectivity index (χ1) is 13.1. The fourth-order valence-electron chi connectivity index (χ4n) is 2.76. The van der Waals surface area contributed by atoms with Crippen molar-refractivity contribution in [2.75, 3.05) is 12.4 Å². The van der Waals surface area contributed by atoms with Crippen molar-refractivity contribution in [2.45, 2.75) is 25.4 Å². The van der Waals surface area contributed by atoms with Crippen LogP contribution in [0.2, 0.25) is 0 Å². The minimum absolute atomic E-state index is 0.0991. The number of ether oxygens (including phenoxy) is 1. The predicted octanol–water partition coefficient (Wildman–Crippen LogP) is 1.93. The zero-order chi connectivity index (χ0) is 19.2. The van der Waals surface area contributed by atoms with Gasteiger partial charge < -0.3 is 15.4 Å². The van der Waals surface area contributed by atoms with Crippen molar-refractivity contribution in [3.8, 4) is 5.88 Å². The third kappa shape index (κ3) is 4.60. The van der Waals surface area contributed by atoms with Crippen molar-refractivity contribution in [3.63, 3.8) is 0 Å². The summed E-state index contributed by atoms with van der Waals surface area (Å²) in [5.41, 5.74) is 1.40. The number of nitrogens with zero attached hydrogens (tertiary/aromatic N) is 2. The highest BCUT2D eigenvalue weighted by molar-refractivity contribution is 6.04. The van der Waals surface area contributed by atoms with E-state index in [1.807, 2.05) is 30.3 Å². The Morgan fingerprint density at radius 2 is 2.00 bits per heavy atom. The molecule has 1 atom stereocenters. The SMILES string of the molecule is COc1ccc(NC(=O)CC[C@@H]2NC(=O)N(Cc3ccccc3)C2=O)cn1. The topological polar surface area (TPSA) is 101 Å². The molecular weight excluding hydrogens is 348 g/mol. The lowest BCUT2D eigenvalue weighted by Gasteiger charge is -2.13. The van der Waals surface area contributed by atoms with Crippen LogP contribution in [0.3, 0.4) is 0 Å². The number of nitrogens with one attached hydrogen (secondary N) is 2. The molecule has 1 aromatic carbocycles. The van der Waals surface area contributed by atoms with Gasteiger partial charge in [-0.25, -0.2) is 9.78 Å². The van der Waals surface area contributed by atoms with Crippen LogP contribution in [0.15, 0.2) is 48.7 Å². The maximum atomic E-state index is 12.4. The molecule has 1 aliphatic rings. The molecule has 0 saturated carbocycles. The Balaban J connectivity index is 1.51. The molecule has 0 bridgehead atoms. The van der Waals surface area contributed by atoms with Gasteiger partial charge in [-0.15, -0.1) is 0 Å². The lowest BCUT2D eigenvalue weighted by atomic mass is 10.1. The maximum absolute atomic E-state index is 12.4. The summed E-state index contributed by atoms with van der Waals surface area (Å²) < 4.78 is 4.96. The monoisotopic (exact) mass is 368 g/mol. The van der Waals surface area contributed by atoms with Crippen LogP contribution in [0.1, 0.15) is 18.4 Å². The molecule has 1 saturated heterocycles. The number of carbonyl (C=O) groups excluding carboxylic acids is 3. The summed E-state index contributed by atoms with van der Waals surface area (Å²) in [4.78, 5) is 41.8. The highest BCUT2D eigenvalue weighted by Gasteiger charge is 2.37.